The summed E-state index contributed by atoms with van der Waals surface area (Å²) < 4.78 is 0. The predicted molar refractivity (Wildman–Crippen MR) is 116 cm³/mol. The number of nitrogens with zero attached hydrogens (tertiary/aromatic N) is 4. The Morgan fingerprint density at radius 2 is 1.93 bits per heavy atom. The molecule has 2 aromatic heterocycles. The fraction of sp³-hybridized carbons (Fsp3) is 0.524. The maximum Gasteiger partial charge on any atom is 0.231 e. The summed E-state index contributed by atoms with van der Waals surface area (Å²) in [7, 11) is 0. The Hall–Kier alpha value is -2.08. The normalized spacial score (nSPS) is 14.0. The Balaban J connectivity index is 1.81. The van der Waals surface area contributed by atoms with Crippen molar-refractivity contribution in [3.8, 4) is 0 Å². The van der Waals surface area contributed by atoms with E-state index in [0.717, 1.165) is 66.1 Å². The van der Waals surface area contributed by atoms with Crippen molar-refractivity contribution in [1.82, 2.24) is 15.0 Å². The van der Waals surface area contributed by atoms with Gasteiger partial charge in [-0.15, -0.1) is 0 Å². The third-order valence-electron chi connectivity index (χ3n) is 4.82. The molecule has 0 saturated heterocycles. The van der Waals surface area contributed by atoms with Crippen LogP contribution in [0.2, 0.25) is 0 Å². The van der Waals surface area contributed by atoms with Crippen LogP contribution in [0.1, 0.15) is 57.0 Å². The first-order valence-electron chi connectivity index (χ1n) is 9.61. The van der Waals surface area contributed by atoms with Gasteiger partial charge in [-0.3, -0.25) is 4.90 Å². The lowest BCUT2D eigenvalue weighted by atomic mass is 9.90. The van der Waals surface area contributed by atoms with E-state index in [1.807, 2.05) is 26.1 Å². The molecule has 27 heavy (non-hydrogen) atoms. The van der Waals surface area contributed by atoms with Crippen LogP contribution in [0, 0.1) is 19.3 Å². The molecule has 0 fully saturated rings. The highest BCUT2D eigenvalue weighted by Crippen LogP contribution is 2.31. The maximum absolute atomic E-state index is 5.55. The number of hydrogen-bond donors (Lipinski definition) is 1. The summed E-state index contributed by atoms with van der Waals surface area (Å²) in [5, 5.41) is 3.37. The number of thiocarbonyl (C=S) groups is 1. The molecule has 3 rings (SSSR count). The average Bonchev–Trinajstić information content (AvgIpc) is 2.62. The molecule has 0 spiro atoms. The highest BCUT2D eigenvalue weighted by Gasteiger charge is 2.23. The van der Waals surface area contributed by atoms with E-state index in [9.17, 15) is 0 Å². The van der Waals surface area contributed by atoms with Gasteiger partial charge in [0.2, 0.25) is 5.95 Å². The zero-order valence-corrected chi connectivity index (χ0v) is 17.8. The van der Waals surface area contributed by atoms with Gasteiger partial charge in [-0.2, -0.15) is 0 Å². The van der Waals surface area contributed by atoms with Crippen LogP contribution in [0.15, 0.2) is 18.3 Å². The second-order valence-corrected chi connectivity index (χ2v) is 8.91. The van der Waals surface area contributed by atoms with E-state index < -0.39 is 0 Å². The Morgan fingerprint density at radius 3 is 2.59 bits per heavy atom. The van der Waals surface area contributed by atoms with Crippen LogP contribution >= 0.6 is 12.2 Å². The van der Waals surface area contributed by atoms with Crippen LogP contribution in [0.5, 0.6) is 0 Å². The first kappa shape index (κ1) is 19.7. The number of hydrogen-bond acceptors (Lipinski definition) is 5. The fourth-order valence-electron chi connectivity index (χ4n) is 3.29. The van der Waals surface area contributed by atoms with E-state index in [-0.39, 0.29) is 5.41 Å². The zero-order chi connectivity index (χ0) is 19.6. The minimum atomic E-state index is 0.269. The smallest absolute Gasteiger partial charge is 0.231 e. The van der Waals surface area contributed by atoms with Gasteiger partial charge < -0.3 is 5.32 Å². The number of aromatic nitrogens is 3. The third kappa shape index (κ3) is 4.80. The minimum Gasteiger partial charge on any atom is -0.347 e. The highest BCUT2D eigenvalue weighted by atomic mass is 32.1. The molecular formula is C21H29N5S. The molecule has 144 valence electrons. The molecule has 0 aliphatic carbocycles. The number of anilines is 3. The first-order chi connectivity index (χ1) is 12.7. The van der Waals surface area contributed by atoms with Gasteiger partial charge in [0.1, 0.15) is 5.82 Å². The zero-order valence-electron chi connectivity index (χ0n) is 17.0. The number of rotatable bonds is 4. The lowest BCUT2D eigenvalue weighted by Gasteiger charge is -2.29. The second kappa shape index (κ2) is 7.89. The van der Waals surface area contributed by atoms with E-state index >= 15 is 0 Å². The van der Waals surface area contributed by atoms with Crippen molar-refractivity contribution in [2.45, 2.75) is 60.3 Å². The van der Waals surface area contributed by atoms with E-state index in [1.165, 1.54) is 5.56 Å². The van der Waals surface area contributed by atoms with Crippen LogP contribution in [-0.2, 0) is 6.42 Å². The van der Waals surface area contributed by atoms with Crippen LogP contribution in [0.3, 0.4) is 0 Å². The van der Waals surface area contributed by atoms with Crippen molar-refractivity contribution < 1.29 is 0 Å². The molecule has 0 radical (unpaired) electrons. The van der Waals surface area contributed by atoms with Gasteiger partial charge in [0, 0.05) is 12.7 Å². The quantitative estimate of drug-likeness (QED) is 0.738. The second-order valence-electron chi connectivity index (χ2n) is 8.42. The van der Waals surface area contributed by atoms with Gasteiger partial charge in [-0.05, 0) is 56.6 Å². The summed E-state index contributed by atoms with van der Waals surface area (Å²) in [5.41, 5.74) is 4.28. The first-order valence-corrected chi connectivity index (χ1v) is 10.0. The van der Waals surface area contributed by atoms with Crippen molar-refractivity contribution >= 4 is 34.7 Å². The third-order valence-corrected chi connectivity index (χ3v) is 5.12. The SMILES string of the molecule is Cc1nc(N2CCCc3cccnc32)nc(C)c1NC(=S)CCC(C)(C)C. The average molecular weight is 384 g/mol. The Labute approximate surface area is 167 Å². The standard InChI is InChI=1S/C21H29N5S/c1-14-18(25-17(27)10-11-21(3,4)5)15(2)24-20(23-14)26-13-7-9-16-8-6-12-22-19(16)26/h6,8,12H,7,9-11,13H2,1-5H3,(H,25,27). The lowest BCUT2D eigenvalue weighted by Crippen LogP contribution is -2.28. The molecule has 0 aromatic carbocycles. The van der Waals surface area contributed by atoms with Crippen LogP contribution in [0.4, 0.5) is 17.5 Å². The minimum absolute atomic E-state index is 0.269. The van der Waals surface area contributed by atoms with Crippen molar-refractivity contribution in [2.75, 3.05) is 16.8 Å². The van der Waals surface area contributed by atoms with Gasteiger partial charge >= 0.3 is 0 Å². The van der Waals surface area contributed by atoms with Gasteiger partial charge in [0.15, 0.2) is 0 Å². The van der Waals surface area contributed by atoms with E-state index in [1.54, 1.807) is 0 Å². The summed E-state index contributed by atoms with van der Waals surface area (Å²) >= 11 is 5.55. The predicted octanol–water partition coefficient (Wildman–Crippen LogP) is 5.14. The highest BCUT2D eigenvalue weighted by molar-refractivity contribution is 7.80. The van der Waals surface area contributed by atoms with Crippen molar-refractivity contribution in [2.24, 2.45) is 5.41 Å². The molecule has 6 heteroatoms. The molecule has 0 amide bonds. The van der Waals surface area contributed by atoms with Crippen molar-refractivity contribution in [3.05, 3.63) is 35.3 Å². The molecule has 3 heterocycles. The molecule has 0 bridgehead atoms. The van der Waals surface area contributed by atoms with E-state index in [2.05, 4.69) is 42.0 Å². The Bertz CT molecular complexity index is 818. The summed E-state index contributed by atoms with van der Waals surface area (Å²) in [4.78, 5) is 17.1. The number of nitrogens with one attached hydrogen (secondary N) is 1. The van der Waals surface area contributed by atoms with Crippen molar-refractivity contribution in [3.63, 3.8) is 0 Å². The molecule has 1 N–H and O–H groups in total. The van der Waals surface area contributed by atoms with E-state index in [0.29, 0.717) is 0 Å². The van der Waals surface area contributed by atoms with Crippen LogP contribution in [-0.4, -0.2) is 26.5 Å². The van der Waals surface area contributed by atoms with Gasteiger partial charge in [-0.1, -0.05) is 39.1 Å². The van der Waals surface area contributed by atoms with Gasteiger partial charge in [0.05, 0.1) is 22.1 Å². The largest absolute Gasteiger partial charge is 0.347 e. The molecule has 5 nitrogen and oxygen atoms in total. The summed E-state index contributed by atoms with van der Waals surface area (Å²) in [6.07, 6.45) is 5.88. The molecule has 2 aromatic rings. The van der Waals surface area contributed by atoms with Crippen LogP contribution in [0.25, 0.3) is 0 Å². The lowest BCUT2D eigenvalue weighted by molar-refractivity contribution is 0.387. The van der Waals surface area contributed by atoms with Gasteiger partial charge in [-0.25, -0.2) is 15.0 Å². The number of pyridine rings is 1. The molecule has 1 aliphatic heterocycles. The maximum atomic E-state index is 5.55. The van der Waals surface area contributed by atoms with Crippen LogP contribution < -0.4 is 10.2 Å². The van der Waals surface area contributed by atoms with Gasteiger partial charge in [0.25, 0.3) is 0 Å². The fourth-order valence-corrected chi connectivity index (χ4v) is 3.49. The monoisotopic (exact) mass is 383 g/mol. The Morgan fingerprint density at radius 1 is 1.22 bits per heavy atom. The molecule has 0 atom stereocenters. The number of fused-ring (bicyclic) bond motifs is 1. The summed E-state index contributed by atoms with van der Waals surface area (Å²) in [6.45, 7) is 11.6. The summed E-state index contributed by atoms with van der Waals surface area (Å²) in [6, 6.07) is 4.13. The molecule has 0 unspecified atom stereocenters. The topological polar surface area (TPSA) is 53.9 Å². The van der Waals surface area contributed by atoms with E-state index in [4.69, 9.17) is 22.2 Å². The van der Waals surface area contributed by atoms with Crippen molar-refractivity contribution in [1.29, 1.82) is 0 Å². The Kier molecular flexibility index (Phi) is 5.75. The summed E-state index contributed by atoms with van der Waals surface area (Å²) in [5.74, 6) is 1.69. The molecule has 0 saturated carbocycles. The molecule has 1 aliphatic rings. The number of aryl methyl sites for hydroxylation is 3. The molecular weight excluding hydrogens is 354 g/mol.